The first kappa shape index (κ1) is 23.4. The van der Waals surface area contributed by atoms with Crippen molar-refractivity contribution in [2.75, 3.05) is 14.1 Å². The molecule has 0 atom stereocenters. The van der Waals surface area contributed by atoms with Crippen LogP contribution in [0.3, 0.4) is 0 Å². The lowest BCUT2D eigenvalue weighted by molar-refractivity contribution is 0.282. The number of para-hydroxylation sites is 2. The lowest BCUT2D eigenvalue weighted by Crippen LogP contribution is -2.15. The zero-order valence-corrected chi connectivity index (χ0v) is 24.8. The number of fused-ring (bicyclic) bond motifs is 6. The molecule has 0 spiro atoms. The summed E-state index contributed by atoms with van der Waals surface area (Å²) in [5.74, 6) is 0.00279. The number of aliphatic hydroxyl groups is 1. The van der Waals surface area contributed by atoms with Crippen LogP contribution in [-0.4, -0.2) is 53.7 Å². The van der Waals surface area contributed by atoms with Gasteiger partial charge in [-0.3, -0.25) is 29.8 Å². The van der Waals surface area contributed by atoms with Crippen LogP contribution >= 0.6 is 11.6 Å². The van der Waals surface area contributed by atoms with Gasteiger partial charge in [0.1, 0.15) is 11.4 Å². The molecule has 234 valence electrons. The average molecular weight is 654 g/mol. The van der Waals surface area contributed by atoms with Gasteiger partial charge in [-0.05, 0) is 48.0 Å². The molecule has 12 nitrogen and oxygen atoms in total. The first-order valence-electron chi connectivity index (χ1n) is 17.0. The largest absolute Gasteiger partial charge is 0.494 e. The number of ether oxygens (including phenoxy) is 2. The minimum Gasteiger partial charge on any atom is -0.494 e. The van der Waals surface area contributed by atoms with Gasteiger partial charge in [-0.1, -0.05) is 35.9 Å². The van der Waals surface area contributed by atoms with E-state index < -0.39 is 14.1 Å². The highest BCUT2D eigenvalue weighted by Crippen LogP contribution is 2.26. The van der Waals surface area contributed by atoms with E-state index in [1.807, 2.05) is 0 Å². The fraction of sp³-hybridized carbons (Fsp3) is 0.0882. The molecule has 0 radical (unpaired) electrons. The summed E-state index contributed by atoms with van der Waals surface area (Å²) < 4.78 is 55.5. The van der Waals surface area contributed by atoms with Crippen molar-refractivity contribution in [2.24, 2.45) is 0 Å². The summed E-state index contributed by atoms with van der Waals surface area (Å²) in [5, 5.41) is 18.0. The molecule has 5 heterocycles. The molecule has 0 fully saturated rings. The summed E-state index contributed by atoms with van der Waals surface area (Å²) in [5.41, 5.74) is 3.28. The van der Waals surface area contributed by atoms with Gasteiger partial charge in [-0.2, -0.15) is 0 Å². The van der Waals surface area contributed by atoms with Gasteiger partial charge >= 0.3 is 0 Å². The third kappa shape index (κ3) is 5.25. The minimum absolute atomic E-state index is 0.0634. The van der Waals surface area contributed by atoms with Crippen LogP contribution < -0.4 is 20.6 Å². The van der Waals surface area contributed by atoms with Gasteiger partial charge in [0.25, 0.3) is 11.1 Å². The Kier molecular flexibility index (Phi) is 6.01. The van der Waals surface area contributed by atoms with Gasteiger partial charge in [-0.25, -0.2) is 14.3 Å². The smallest absolute Gasteiger partial charge is 0.280 e. The summed E-state index contributed by atoms with van der Waals surface area (Å²) in [6.07, 6.45) is 4.30. The van der Waals surface area contributed by atoms with Crippen molar-refractivity contribution in [3.05, 3.63) is 123 Å². The van der Waals surface area contributed by atoms with E-state index in [9.17, 15) is 14.7 Å². The van der Waals surface area contributed by atoms with E-state index >= 15 is 0 Å². The van der Waals surface area contributed by atoms with Crippen molar-refractivity contribution in [3.63, 3.8) is 0 Å². The summed E-state index contributed by atoms with van der Waals surface area (Å²) in [4.78, 5) is 38.1. The van der Waals surface area contributed by atoms with Crippen LogP contribution in [-0.2, 0) is 6.61 Å². The van der Waals surface area contributed by atoms with Gasteiger partial charge < -0.3 is 14.6 Å². The second kappa shape index (κ2) is 12.1. The molecule has 0 bridgehead atoms. The summed E-state index contributed by atoms with van der Waals surface area (Å²) in [6, 6.07) is 19.8. The maximum Gasteiger partial charge on any atom is 0.280 e. The van der Waals surface area contributed by atoms with Crippen LogP contribution in [0.2, 0.25) is 5.02 Å². The van der Waals surface area contributed by atoms with E-state index in [1.54, 1.807) is 54.6 Å². The zero-order chi connectivity index (χ0) is 37.7. The fourth-order valence-corrected chi connectivity index (χ4v) is 5.45. The van der Waals surface area contributed by atoms with Gasteiger partial charge in [0.05, 0.1) is 73.6 Å². The number of nitrogens with zero attached hydrogens (tertiary/aromatic N) is 5. The molecule has 3 aromatic carbocycles. The molecule has 0 aliphatic carbocycles. The maximum atomic E-state index is 12.8. The molecule has 0 amide bonds. The molecule has 3 N–H and O–H groups in total. The lowest BCUT2D eigenvalue weighted by atomic mass is 10.1. The number of aliphatic hydroxyl groups excluding tert-OH is 1. The first-order valence-corrected chi connectivity index (χ1v) is 14.3. The average Bonchev–Trinajstić information content (AvgIpc) is 3.64. The van der Waals surface area contributed by atoms with Crippen LogP contribution in [0.15, 0.2) is 101 Å². The molecule has 0 unspecified atom stereocenters. The van der Waals surface area contributed by atoms with E-state index in [0.29, 0.717) is 54.6 Å². The highest BCUT2D eigenvalue weighted by Gasteiger charge is 2.15. The molecule has 0 saturated heterocycles. The molecule has 5 aromatic heterocycles. The molecule has 8 aromatic rings. The first-order chi connectivity index (χ1) is 25.2. The Morgan fingerprint density at radius 2 is 1.51 bits per heavy atom. The summed E-state index contributed by atoms with van der Waals surface area (Å²) in [6.45, 7) is -0.0937. The quantitative estimate of drug-likeness (QED) is 0.226. The molecule has 13 heteroatoms. The second-order valence-corrected chi connectivity index (χ2v) is 10.7. The molecule has 0 saturated carbocycles. The number of benzene rings is 3. The van der Waals surface area contributed by atoms with Crippen molar-refractivity contribution >= 4 is 55.2 Å². The van der Waals surface area contributed by atoms with E-state index in [-0.39, 0.29) is 29.4 Å². The molecule has 8 rings (SSSR count). The number of rotatable bonds is 5. The zero-order valence-electron chi connectivity index (χ0n) is 30.1. The fourth-order valence-electron chi connectivity index (χ4n) is 5.28. The summed E-state index contributed by atoms with van der Waals surface area (Å²) >= 11 is 6.07. The van der Waals surface area contributed by atoms with E-state index in [1.165, 1.54) is 46.2 Å². The third-order valence-electron chi connectivity index (χ3n) is 7.56. The van der Waals surface area contributed by atoms with Gasteiger partial charge in [0.2, 0.25) is 5.88 Å². The van der Waals surface area contributed by atoms with E-state index in [0.717, 1.165) is 10.9 Å². The van der Waals surface area contributed by atoms with Crippen molar-refractivity contribution in [1.82, 2.24) is 34.5 Å². The topological polar surface area (TPSA) is 153 Å². The minimum atomic E-state index is -2.63. The SMILES string of the molecule is [2H]C([2H])([2H])Oc1ccc(-n2[nH]c3c(cnc4cc(CO)ccc43)c2=O)cn1.[2H]C([2H])([2H])Oc1ccccc1-n1[nH]c2c(cnc3ccc(Cl)cc32)c1=O. The molecule has 0 aliphatic heterocycles. The van der Waals surface area contributed by atoms with E-state index in [4.69, 9.17) is 29.3 Å². The van der Waals surface area contributed by atoms with Crippen LogP contribution in [0.1, 0.15) is 13.8 Å². The van der Waals surface area contributed by atoms with Crippen molar-refractivity contribution in [1.29, 1.82) is 0 Å². The Hall–Kier alpha value is -5.98. The van der Waals surface area contributed by atoms with Crippen LogP contribution in [0.25, 0.3) is 55.0 Å². The molecule has 47 heavy (non-hydrogen) atoms. The van der Waals surface area contributed by atoms with Gasteiger partial charge in [0, 0.05) is 34.3 Å². The highest BCUT2D eigenvalue weighted by molar-refractivity contribution is 6.31. The van der Waals surface area contributed by atoms with Gasteiger partial charge in [0.15, 0.2) is 0 Å². The number of methoxy groups -OCH3 is 2. The number of hydrogen-bond acceptors (Lipinski definition) is 8. The number of pyridine rings is 3. The molecular formula is C34H26ClN7O5. The van der Waals surface area contributed by atoms with E-state index in [2.05, 4.69) is 25.1 Å². The number of nitrogens with one attached hydrogen (secondary N) is 2. The van der Waals surface area contributed by atoms with Crippen LogP contribution in [0, 0.1) is 0 Å². The number of hydrogen-bond donors (Lipinski definition) is 3. The Morgan fingerprint density at radius 3 is 2.28 bits per heavy atom. The Labute approximate surface area is 278 Å². The Morgan fingerprint density at radius 1 is 0.766 bits per heavy atom. The standard InChI is InChI=1S/C17H12ClN3O2.C17H14N4O3/c1-23-15-5-3-2-4-14(15)21-17(22)12-9-19-13-7-6-10(18)8-11(13)16(12)20-21;1-24-15-5-3-11(7-19-15)21-17(23)13-8-18-14-6-10(9-22)2-4-12(14)16(13)20-21/h2-9,20H,1H3;2-8,20,22H,9H2,1H3/i2*1D3. The highest BCUT2D eigenvalue weighted by atomic mass is 35.5. The van der Waals surface area contributed by atoms with Crippen LogP contribution in [0.5, 0.6) is 11.6 Å². The summed E-state index contributed by atoms with van der Waals surface area (Å²) in [7, 11) is -5.22. The number of H-pyrrole nitrogens is 2. The Balaban J connectivity index is 0.000000164. The second-order valence-electron chi connectivity index (χ2n) is 10.3. The maximum absolute atomic E-state index is 12.8. The number of halogens is 1. The van der Waals surface area contributed by atoms with Crippen LogP contribution in [0.4, 0.5) is 0 Å². The normalized spacial score (nSPS) is 13.7. The molecule has 0 aliphatic rings. The van der Waals surface area contributed by atoms with Crippen molar-refractivity contribution in [3.8, 4) is 23.0 Å². The monoisotopic (exact) mass is 653 g/mol. The predicted molar refractivity (Wildman–Crippen MR) is 180 cm³/mol. The predicted octanol–water partition coefficient (Wildman–Crippen LogP) is 5.29. The van der Waals surface area contributed by atoms with Gasteiger partial charge in [-0.15, -0.1) is 0 Å². The molecular weight excluding hydrogens is 622 g/mol. The third-order valence-corrected chi connectivity index (χ3v) is 7.80. The lowest BCUT2D eigenvalue weighted by Gasteiger charge is -2.07. The van der Waals surface area contributed by atoms with Crippen molar-refractivity contribution in [2.45, 2.75) is 6.61 Å². The number of aromatic nitrogens is 7. The Bertz CT molecular complexity index is 2780. The number of aromatic amines is 2. The van der Waals surface area contributed by atoms with Crippen molar-refractivity contribution < 1.29 is 22.8 Å².